The van der Waals surface area contributed by atoms with Crippen LogP contribution in [0.15, 0.2) is 35.1 Å². The lowest BCUT2D eigenvalue weighted by molar-refractivity contribution is -0.159. The Balaban J connectivity index is 1.99. The molecule has 1 fully saturated rings. The predicted octanol–water partition coefficient (Wildman–Crippen LogP) is -0.748. The number of nitrogens with one attached hydrogen (secondary N) is 1. The first-order chi connectivity index (χ1) is 16.3. The Bertz CT molecular complexity index is 1200. The third-order valence-corrected chi connectivity index (χ3v) is 7.40. The number of carbonyl (C=O) groups excluding carboxylic acids is 3. The van der Waals surface area contributed by atoms with Crippen molar-refractivity contribution in [3.05, 3.63) is 46.2 Å². The highest BCUT2D eigenvalue weighted by molar-refractivity contribution is 6.25. The van der Waals surface area contributed by atoms with Crippen molar-refractivity contribution in [2.45, 2.75) is 30.6 Å². The molecule has 188 valence electrons. The van der Waals surface area contributed by atoms with Crippen molar-refractivity contribution in [2.24, 2.45) is 11.8 Å². The van der Waals surface area contributed by atoms with Crippen molar-refractivity contribution in [2.75, 3.05) is 27.2 Å². The van der Waals surface area contributed by atoms with Crippen molar-refractivity contribution in [3.8, 4) is 5.75 Å². The Morgan fingerprint density at radius 1 is 1.17 bits per heavy atom. The van der Waals surface area contributed by atoms with Gasteiger partial charge in [0.1, 0.15) is 22.8 Å². The Morgan fingerprint density at radius 2 is 1.83 bits per heavy atom. The third kappa shape index (κ3) is 3.23. The van der Waals surface area contributed by atoms with Crippen LogP contribution in [0, 0.1) is 11.8 Å². The molecule has 35 heavy (non-hydrogen) atoms. The molecular weight excluding hydrogens is 460 g/mol. The average molecular weight is 488 g/mol. The normalized spacial score (nSPS) is 32.4. The molecule has 1 amide bonds. The molecule has 3 aliphatic rings. The van der Waals surface area contributed by atoms with Gasteiger partial charge in [0.2, 0.25) is 5.78 Å². The molecule has 0 aromatic heterocycles. The number of phenols is 1. The number of nitrogens with zero attached hydrogens (tertiary/aromatic N) is 1. The molecule has 0 bridgehead atoms. The molecule has 0 spiro atoms. The minimum Gasteiger partial charge on any atom is -0.508 e. The Morgan fingerprint density at radius 3 is 2.43 bits per heavy atom. The van der Waals surface area contributed by atoms with E-state index >= 15 is 0 Å². The smallest absolute Gasteiger partial charge is 0.258 e. The number of rotatable bonds is 4. The Hall–Kier alpha value is -3.25. The highest BCUT2D eigenvalue weighted by atomic mass is 16.3. The van der Waals surface area contributed by atoms with Gasteiger partial charge < -0.3 is 36.0 Å². The molecule has 0 radical (unpaired) electrons. The average Bonchev–Trinajstić information content (AvgIpc) is 2.78. The Labute approximate surface area is 200 Å². The van der Waals surface area contributed by atoms with Gasteiger partial charge in [-0.2, -0.15) is 0 Å². The van der Waals surface area contributed by atoms with Crippen molar-refractivity contribution >= 4 is 23.2 Å². The van der Waals surface area contributed by atoms with E-state index in [0.29, 0.717) is 0 Å². The van der Waals surface area contributed by atoms with E-state index in [1.807, 2.05) is 0 Å². The standard InChI is InChI=1S/C24H28N2O9/c1-23(34)10-5-4-6-13(28)14(10)18(29)15-11(23)9-12-17(26(2)3)19(30)16(22(33)25-7-8-27)21(32)24(12,35)20(15)31/h4-6,11-12,17,27-29,32,34-35H,7-9H2,1-3H3,(H,25,33). The van der Waals surface area contributed by atoms with E-state index in [9.17, 15) is 39.9 Å². The van der Waals surface area contributed by atoms with E-state index in [4.69, 9.17) is 5.11 Å². The summed E-state index contributed by atoms with van der Waals surface area (Å²) in [5, 5.41) is 66.9. The fourth-order valence-electron chi connectivity index (χ4n) is 5.74. The third-order valence-electron chi connectivity index (χ3n) is 7.40. The number of amides is 1. The van der Waals surface area contributed by atoms with Crippen molar-refractivity contribution < 1.29 is 45.0 Å². The van der Waals surface area contributed by atoms with Gasteiger partial charge in [-0.3, -0.25) is 19.3 Å². The largest absolute Gasteiger partial charge is 0.508 e. The summed E-state index contributed by atoms with van der Waals surface area (Å²) in [6, 6.07) is 2.99. The molecule has 5 unspecified atom stereocenters. The van der Waals surface area contributed by atoms with Gasteiger partial charge in [-0.25, -0.2) is 0 Å². The summed E-state index contributed by atoms with van der Waals surface area (Å²) in [4.78, 5) is 41.3. The van der Waals surface area contributed by atoms with Crippen LogP contribution in [-0.2, 0) is 20.0 Å². The Kier molecular flexibility index (Phi) is 5.80. The summed E-state index contributed by atoms with van der Waals surface area (Å²) < 4.78 is 0. The second-order valence-electron chi connectivity index (χ2n) is 9.58. The molecule has 1 saturated carbocycles. The summed E-state index contributed by atoms with van der Waals surface area (Å²) in [6.07, 6.45) is -0.214. The lowest BCUT2D eigenvalue weighted by Gasteiger charge is -2.53. The van der Waals surface area contributed by atoms with E-state index in [-0.39, 0.29) is 24.1 Å². The topological polar surface area (TPSA) is 188 Å². The van der Waals surface area contributed by atoms with Gasteiger partial charge >= 0.3 is 0 Å². The summed E-state index contributed by atoms with van der Waals surface area (Å²) in [6.45, 7) is 0.717. The molecule has 1 aromatic rings. The van der Waals surface area contributed by atoms with Crippen LogP contribution in [0.5, 0.6) is 5.75 Å². The first-order valence-electron chi connectivity index (χ1n) is 11.1. The second kappa shape index (κ2) is 8.16. The zero-order valence-electron chi connectivity index (χ0n) is 19.4. The molecule has 11 nitrogen and oxygen atoms in total. The van der Waals surface area contributed by atoms with Gasteiger partial charge in [-0.05, 0) is 39.1 Å². The zero-order valence-corrected chi connectivity index (χ0v) is 19.4. The first-order valence-corrected chi connectivity index (χ1v) is 11.1. The van der Waals surface area contributed by atoms with Crippen LogP contribution in [0.2, 0.25) is 0 Å². The van der Waals surface area contributed by atoms with E-state index in [1.54, 1.807) is 0 Å². The van der Waals surface area contributed by atoms with Gasteiger partial charge in [0.05, 0.1) is 23.8 Å². The van der Waals surface area contributed by atoms with E-state index in [1.165, 1.54) is 44.1 Å². The van der Waals surface area contributed by atoms with Gasteiger partial charge in [0.15, 0.2) is 11.4 Å². The minimum atomic E-state index is -2.77. The molecule has 0 saturated heterocycles. The number of Topliss-reactive ketones (excluding diaryl/α,β-unsaturated/α-hetero) is 2. The highest BCUT2D eigenvalue weighted by Crippen LogP contribution is 2.57. The lowest BCUT2D eigenvalue weighted by Crippen LogP contribution is -2.67. The summed E-state index contributed by atoms with van der Waals surface area (Å²) in [7, 11) is 3.02. The number of likely N-dealkylation sites (N-methyl/N-ethyl adjacent to an activating group) is 1. The molecule has 5 atom stereocenters. The minimum absolute atomic E-state index is 0.161. The van der Waals surface area contributed by atoms with Gasteiger partial charge in [-0.1, -0.05) is 12.1 Å². The highest BCUT2D eigenvalue weighted by Gasteiger charge is 2.66. The maximum Gasteiger partial charge on any atom is 0.258 e. The fourth-order valence-corrected chi connectivity index (χ4v) is 5.74. The maximum absolute atomic E-state index is 13.8. The molecule has 11 heteroatoms. The number of hydrogen-bond donors (Lipinski definition) is 7. The second-order valence-corrected chi connectivity index (χ2v) is 9.58. The van der Waals surface area contributed by atoms with Crippen LogP contribution >= 0.6 is 0 Å². The van der Waals surface area contributed by atoms with Crippen LogP contribution < -0.4 is 5.32 Å². The lowest BCUT2D eigenvalue weighted by atomic mass is 9.54. The summed E-state index contributed by atoms with van der Waals surface area (Å²) in [5.41, 5.74) is -5.82. The van der Waals surface area contributed by atoms with Crippen molar-refractivity contribution in [1.82, 2.24) is 10.2 Å². The number of hydrogen-bond acceptors (Lipinski definition) is 10. The number of fused-ring (bicyclic) bond motifs is 3. The quantitative estimate of drug-likeness (QED) is 0.266. The SMILES string of the molecule is CN(C)C1C(=O)C(C(=O)NCCO)=C(O)C2(O)C(=O)C3=C(O)c4c(O)cccc4C(C)(O)C3CC12. The number of aromatic hydroxyl groups is 1. The van der Waals surface area contributed by atoms with Crippen LogP contribution in [0.4, 0.5) is 0 Å². The molecule has 0 aliphatic heterocycles. The molecule has 7 N–H and O–H groups in total. The number of carbonyl (C=O) groups is 3. The van der Waals surface area contributed by atoms with E-state index in [0.717, 1.165) is 0 Å². The fraction of sp³-hybridized carbons (Fsp3) is 0.458. The number of benzene rings is 1. The molecule has 4 rings (SSSR count). The number of aliphatic hydroxyl groups excluding tert-OH is 3. The van der Waals surface area contributed by atoms with E-state index < -0.39 is 81.6 Å². The predicted molar refractivity (Wildman–Crippen MR) is 121 cm³/mol. The van der Waals surface area contributed by atoms with Crippen LogP contribution in [0.1, 0.15) is 24.5 Å². The van der Waals surface area contributed by atoms with Crippen LogP contribution in [-0.4, -0.2) is 91.9 Å². The van der Waals surface area contributed by atoms with Crippen molar-refractivity contribution in [3.63, 3.8) is 0 Å². The zero-order chi connectivity index (χ0) is 26.0. The molecule has 1 aromatic carbocycles. The molecule has 0 heterocycles. The number of ketones is 2. The monoisotopic (exact) mass is 488 g/mol. The van der Waals surface area contributed by atoms with Gasteiger partial charge in [0, 0.05) is 24.0 Å². The van der Waals surface area contributed by atoms with Gasteiger partial charge in [0.25, 0.3) is 5.91 Å². The van der Waals surface area contributed by atoms with Crippen molar-refractivity contribution in [1.29, 1.82) is 0 Å². The summed E-state index contributed by atoms with van der Waals surface area (Å²) in [5.74, 6) is -7.70. The maximum atomic E-state index is 13.8. The van der Waals surface area contributed by atoms with Gasteiger partial charge in [-0.15, -0.1) is 0 Å². The molecule has 3 aliphatic carbocycles. The number of aliphatic hydroxyl groups is 5. The van der Waals surface area contributed by atoms with Crippen LogP contribution in [0.3, 0.4) is 0 Å². The summed E-state index contributed by atoms with van der Waals surface area (Å²) >= 11 is 0. The van der Waals surface area contributed by atoms with Crippen LogP contribution in [0.25, 0.3) is 5.76 Å². The first kappa shape index (κ1) is 24.9. The van der Waals surface area contributed by atoms with E-state index in [2.05, 4.69) is 5.32 Å². The molecular formula is C24H28N2O9. The number of phenolic OH excluding ortho intramolecular Hbond substituents is 1.